The van der Waals surface area contributed by atoms with Crippen molar-refractivity contribution in [2.75, 3.05) is 11.9 Å². The third-order valence-electron chi connectivity index (χ3n) is 5.08. The molecular formula is C25H25N. The van der Waals surface area contributed by atoms with Gasteiger partial charge < -0.3 is 5.32 Å². The summed E-state index contributed by atoms with van der Waals surface area (Å²) in [5, 5.41) is 8.86. The van der Waals surface area contributed by atoms with Gasteiger partial charge in [0.15, 0.2) is 0 Å². The largest absolute Gasteiger partial charge is 0.385 e. The average molecular weight is 339 g/mol. The summed E-state index contributed by atoms with van der Waals surface area (Å²) in [5.41, 5.74) is 5.38. The standard InChI is InChI=1S/C25H25N/c1-3-9-20-15-14-18-10-5-7-12-21(18)24(20)25-22-13-8-6-11-19(22)16-17-23(25)26-4-2/h5-8,10-17,26H,3-4,9H2,1-2H3. The van der Waals surface area contributed by atoms with Crippen molar-refractivity contribution in [3.63, 3.8) is 0 Å². The minimum Gasteiger partial charge on any atom is -0.385 e. The molecule has 0 aliphatic heterocycles. The van der Waals surface area contributed by atoms with Crippen molar-refractivity contribution in [3.05, 3.63) is 78.4 Å². The summed E-state index contributed by atoms with van der Waals surface area (Å²) in [6, 6.07) is 26.5. The molecule has 1 nitrogen and oxygen atoms in total. The van der Waals surface area contributed by atoms with Gasteiger partial charge in [-0.1, -0.05) is 80.1 Å². The maximum absolute atomic E-state index is 3.60. The van der Waals surface area contributed by atoms with E-state index < -0.39 is 0 Å². The fourth-order valence-corrected chi connectivity index (χ4v) is 3.97. The molecule has 0 fully saturated rings. The van der Waals surface area contributed by atoms with E-state index in [9.17, 15) is 0 Å². The zero-order chi connectivity index (χ0) is 17.9. The zero-order valence-corrected chi connectivity index (χ0v) is 15.5. The van der Waals surface area contributed by atoms with Crippen LogP contribution in [-0.4, -0.2) is 6.54 Å². The number of hydrogen-bond acceptors (Lipinski definition) is 1. The molecule has 0 saturated heterocycles. The first-order valence-electron chi connectivity index (χ1n) is 9.60. The molecule has 1 N–H and O–H groups in total. The van der Waals surface area contributed by atoms with E-state index >= 15 is 0 Å². The van der Waals surface area contributed by atoms with Gasteiger partial charge in [0.2, 0.25) is 0 Å². The zero-order valence-electron chi connectivity index (χ0n) is 15.5. The van der Waals surface area contributed by atoms with Gasteiger partial charge >= 0.3 is 0 Å². The van der Waals surface area contributed by atoms with Gasteiger partial charge in [-0.15, -0.1) is 0 Å². The molecule has 0 heterocycles. The first kappa shape index (κ1) is 16.7. The maximum Gasteiger partial charge on any atom is 0.0426 e. The van der Waals surface area contributed by atoms with E-state index in [2.05, 4.69) is 92.0 Å². The van der Waals surface area contributed by atoms with Crippen molar-refractivity contribution in [3.8, 4) is 11.1 Å². The quantitative estimate of drug-likeness (QED) is 0.411. The van der Waals surface area contributed by atoms with Crippen molar-refractivity contribution in [2.24, 2.45) is 0 Å². The van der Waals surface area contributed by atoms with Crippen LogP contribution in [0.2, 0.25) is 0 Å². The van der Waals surface area contributed by atoms with Gasteiger partial charge in [0.05, 0.1) is 0 Å². The molecule has 0 atom stereocenters. The molecule has 1 heteroatoms. The van der Waals surface area contributed by atoms with Crippen LogP contribution in [0.3, 0.4) is 0 Å². The molecule has 4 aromatic rings. The monoisotopic (exact) mass is 339 g/mol. The predicted molar refractivity (Wildman–Crippen MR) is 115 cm³/mol. The highest BCUT2D eigenvalue weighted by Crippen LogP contribution is 2.41. The Morgan fingerprint density at radius 1 is 0.654 bits per heavy atom. The Labute approximate surface area is 155 Å². The Balaban J connectivity index is 2.15. The van der Waals surface area contributed by atoms with Crippen molar-refractivity contribution in [1.82, 2.24) is 0 Å². The van der Waals surface area contributed by atoms with Crippen LogP contribution in [-0.2, 0) is 6.42 Å². The van der Waals surface area contributed by atoms with Gasteiger partial charge in [0, 0.05) is 17.8 Å². The van der Waals surface area contributed by atoms with Crippen molar-refractivity contribution < 1.29 is 0 Å². The van der Waals surface area contributed by atoms with E-state index in [1.807, 2.05) is 0 Å². The Bertz CT molecular complexity index is 975. The number of nitrogens with one attached hydrogen (secondary N) is 1. The smallest absolute Gasteiger partial charge is 0.0426 e. The molecule has 26 heavy (non-hydrogen) atoms. The number of rotatable bonds is 5. The maximum atomic E-state index is 3.60. The van der Waals surface area contributed by atoms with Crippen molar-refractivity contribution in [2.45, 2.75) is 26.7 Å². The second-order valence-electron chi connectivity index (χ2n) is 6.81. The fourth-order valence-electron chi connectivity index (χ4n) is 3.97. The molecule has 0 spiro atoms. The Morgan fingerprint density at radius 2 is 1.27 bits per heavy atom. The topological polar surface area (TPSA) is 12.0 Å². The predicted octanol–water partition coefficient (Wildman–Crippen LogP) is 7.04. The first-order valence-corrected chi connectivity index (χ1v) is 9.60. The minimum absolute atomic E-state index is 0.916. The van der Waals surface area contributed by atoms with Gasteiger partial charge in [0.1, 0.15) is 0 Å². The molecule has 0 radical (unpaired) electrons. The van der Waals surface area contributed by atoms with E-state index in [1.165, 1.54) is 43.9 Å². The minimum atomic E-state index is 0.916. The van der Waals surface area contributed by atoms with Crippen LogP contribution >= 0.6 is 0 Å². The number of fused-ring (bicyclic) bond motifs is 2. The second-order valence-corrected chi connectivity index (χ2v) is 6.81. The summed E-state index contributed by atoms with van der Waals surface area (Å²) in [7, 11) is 0. The summed E-state index contributed by atoms with van der Waals surface area (Å²) in [6.07, 6.45) is 2.24. The first-order chi connectivity index (χ1) is 12.8. The Hall–Kier alpha value is -2.80. The molecule has 0 saturated carbocycles. The number of hydrogen-bond donors (Lipinski definition) is 1. The van der Waals surface area contributed by atoms with Gasteiger partial charge in [-0.05, 0) is 52.1 Å². The highest BCUT2D eigenvalue weighted by molar-refractivity contribution is 6.10. The lowest BCUT2D eigenvalue weighted by atomic mass is 9.87. The van der Waals surface area contributed by atoms with Crippen LogP contribution in [0.5, 0.6) is 0 Å². The molecule has 0 aliphatic carbocycles. The van der Waals surface area contributed by atoms with Crippen LogP contribution in [0.4, 0.5) is 5.69 Å². The van der Waals surface area contributed by atoms with Gasteiger partial charge in [-0.2, -0.15) is 0 Å². The molecule has 0 amide bonds. The van der Waals surface area contributed by atoms with Crippen LogP contribution in [0.25, 0.3) is 32.7 Å². The molecule has 4 rings (SSSR count). The van der Waals surface area contributed by atoms with Crippen LogP contribution in [0.1, 0.15) is 25.8 Å². The fraction of sp³-hybridized carbons (Fsp3) is 0.200. The Morgan fingerprint density at radius 3 is 1.92 bits per heavy atom. The van der Waals surface area contributed by atoms with Crippen molar-refractivity contribution in [1.29, 1.82) is 0 Å². The van der Waals surface area contributed by atoms with E-state index in [0.29, 0.717) is 0 Å². The summed E-state index contributed by atoms with van der Waals surface area (Å²) < 4.78 is 0. The molecule has 0 bridgehead atoms. The highest BCUT2D eigenvalue weighted by Gasteiger charge is 2.16. The molecular weight excluding hydrogens is 314 g/mol. The summed E-state index contributed by atoms with van der Waals surface area (Å²) in [5.74, 6) is 0. The second kappa shape index (κ2) is 7.21. The lowest BCUT2D eigenvalue weighted by molar-refractivity contribution is 0.925. The normalized spacial score (nSPS) is 11.2. The average Bonchev–Trinajstić information content (AvgIpc) is 2.69. The van der Waals surface area contributed by atoms with Gasteiger partial charge in [-0.3, -0.25) is 0 Å². The molecule has 0 unspecified atom stereocenters. The van der Waals surface area contributed by atoms with Crippen molar-refractivity contribution >= 4 is 27.2 Å². The van der Waals surface area contributed by atoms with Crippen LogP contribution in [0, 0.1) is 0 Å². The Kier molecular flexibility index (Phi) is 4.62. The molecule has 130 valence electrons. The van der Waals surface area contributed by atoms with Crippen LogP contribution in [0.15, 0.2) is 72.8 Å². The SMILES string of the molecule is CCCc1ccc2ccccc2c1-c1c(NCC)ccc2ccccc12. The molecule has 0 aliphatic rings. The lowest BCUT2D eigenvalue weighted by Crippen LogP contribution is -2.01. The molecule has 0 aromatic heterocycles. The van der Waals surface area contributed by atoms with E-state index in [4.69, 9.17) is 0 Å². The van der Waals surface area contributed by atoms with Crippen LogP contribution < -0.4 is 5.32 Å². The third-order valence-corrected chi connectivity index (χ3v) is 5.08. The van der Waals surface area contributed by atoms with E-state index in [0.717, 1.165) is 19.4 Å². The van der Waals surface area contributed by atoms with Gasteiger partial charge in [-0.25, -0.2) is 0 Å². The number of benzene rings is 4. The number of anilines is 1. The molecule has 4 aromatic carbocycles. The van der Waals surface area contributed by atoms with E-state index in [-0.39, 0.29) is 0 Å². The third kappa shape index (κ3) is 2.84. The summed E-state index contributed by atoms with van der Waals surface area (Å²) >= 11 is 0. The summed E-state index contributed by atoms with van der Waals surface area (Å²) in [4.78, 5) is 0. The highest BCUT2D eigenvalue weighted by atomic mass is 14.9. The van der Waals surface area contributed by atoms with Gasteiger partial charge in [0.25, 0.3) is 0 Å². The van der Waals surface area contributed by atoms with E-state index in [1.54, 1.807) is 0 Å². The number of aryl methyl sites for hydroxylation is 1. The lowest BCUT2D eigenvalue weighted by Gasteiger charge is -2.19. The summed E-state index contributed by atoms with van der Waals surface area (Å²) in [6.45, 7) is 5.33.